The molecule has 25 heavy (non-hydrogen) atoms. The Morgan fingerprint density at radius 3 is 2.72 bits per heavy atom. The van der Waals surface area contributed by atoms with Gasteiger partial charge in [-0.1, -0.05) is 20.8 Å². The van der Waals surface area contributed by atoms with Gasteiger partial charge in [-0.25, -0.2) is 4.98 Å². The Balaban J connectivity index is 1.49. The van der Waals surface area contributed by atoms with Crippen LogP contribution in [0.3, 0.4) is 0 Å². The third-order valence-corrected chi connectivity index (χ3v) is 6.08. The van der Waals surface area contributed by atoms with Gasteiger partial charge in [-0.05, 0) is 38.3 Å². The summed E-state index contributed by atoms with van der Waals surface area (Å²) in [6.45, 7) is 13.5. The monoisotopic (exact) mass is 363 g/mol. The van der Waals surface area contributed by atoms with Gasteiger partial charge in [0, 0.05) is 37.5 Å². The summed E-state index contributed by atoms with van der Waals surface area (Å²) in [5.41, 5.74) is 1.30. The average Bonchev–Trinajstić information content (AvgIpc) is 3.29. The number of nitrogens with one attached hydrogen (secondary N) is 1. The van der Waals surface area contributed by atoms with E-state index < -0.39 is 0 Å². The van der Waals surface area contributed by atoms with Crippen molar-refractivity contribution in [3.05, 3.63) is 16.1 Å². The highest BCUT2D eigenvalue weighted by molar-refractivity contribution is 7.09. The van der Waals surface area contributed by atoms with Gasteiger partial charge in [0.2, 0.25) is 0 Å². The Morgan fingerprint density at radius 1 is 1.32 bits per heavy atom. The first-order valence-corrected chi connectivity index (χ1v) is 10.5. The lowest BCUT2D eigenvalue weighted by atomic mass is 9.93. The Morgan fingerprint density at radius 2 is 2.08 bits per heavy atom. The van der Waals surface area contributed by atoms with E-state index in [1.807, 2.05) is 7.05 Å². The summed E-state index contributed by atoms with van der Waals surface area (Å²) in [5, 5.41) is 6.84. The summed E-state index contributed by atoms with van der Waals surface area (Å²) in [6, 6.07) is 0. The molecule has 1 aromatic rings. The summed E-state index contributed by atoms with van der Waals surface area (Å²) < 4.78 is 0. The van der Waals surface area contributed by atoms with Crippen LogP contribution in [0.5, 0.6) is 0 Å². The molecule has 0 spiro atoms. The molecule has 0 aromatic carbocycles. The molecule has 1 atom stereocenters. The Kier molecular flexibility index (Phi) is 6.00. The number of rotatable bonds is 4. The maximum atomic E-state index is 4.77. The molecule has 0 saturated carbocycles. The van der Waals surface area contributed by atoms with Crippen LogP contribution in [0.2, 0.25) is 0 Å². The molecule has 6 heteroatoms. The van der Waals surface area contributed by atoms with Gasteiger partial charge in [0.05, 0.1) is 12.2 Å². The van der Waals surface area contributed by atoms with Gasteiger partial charge >= 0.3 is 0 Å². The van der Waals surface area contributed by atoms with Gasteiger partial charge in [-0.3, -0.25) is 4.99 Å². The summed E-state index contributed by atoms with van der Waals surface area (Å²) in [7, 11) is 1.89. The zero-order valence-corrected chi connectivity index (χ0v) is 17.0. The minimum atomic E-state index is 0.119. The minimum absolute atomic E-state index is 0.119. The zero-order valence-electron chi connectivity index (χ0n) is 16.2. The predicted molar refractivity (Wildman–Crippen MR) is 106 cm³/mol. The fraction of sp³-hybridized carbons (Fsp3) is 0.789. The number of aromatic nitrogens is 1. The molecule has 0 aliphatic carbocycles. The second kappa shape index (κ2) is 8.04. The van der Waals surface area contributed by atoms with Crippen LogP contribution in [0.25, 0.3) is 0 Å². The largest absolute Gasteiger partial charge is 0.350 e. The molecule has 0 bridgehead atoms. The highest BCUT2D eigenvalue weighted by Gasteiger charge is 2.27. The van der Waals surface area contributed by atoms with Crippen LogP contribution in [0.4, 0.5) is 0 Å². The standard InChI is InChI=1S/C19H33N5S/c1-19(2,3)16-14-25-17(22-16)11-21-18(20-4)24-10-7-15(13-24)12-23-8-5-6-9-23/h14-15H,5-13H2,1-4H3,(H,20,21). The van der Waals surface area contributed by atoms with E-state index in [-0.39, 0.29) is 5.41 Å². The number of hydrogen-bond acceptors (Lipinski definition) is 4. The number of nitrogens with zero attached hydrogens (tertiary/aromatic N) is 4. The number of hydrogen-bond donors (Lipinski definition) is 1. The van der Waals surface area contributed by atoms with Crippen molar-refractivity contribution in [2.24, 2.45) is 10.9 Å². The molecule has 2 aliphatic rings. The van der Waals surface area contributed by atoms with Gasteiger partial charge in [-0.15, -0.1) is 11.3 Å². The van der Waals surface area contributed by atoms with Crippen molar-refractivity contribution in [1.82, 2.24) is 20.1 Å². The third kappa shape index (κ3) is 4.94. The van der Waals surface area contributed by atoms with Crippen molar-refractivity contribution in [1.29, 1.82) is 0 Å². The predicted octanol–water partition coefficient (Wildman–Crippen LogP) is 2.93. The van der Waals surface area contributed by atoms with Crippen molar-refractivity contribution in [2.75, 3.05) is 39.8 Å². The third-order valence-electron chi connectivity index (χ3n) is 5.23. The topological polar surface area (TPSA) is 43.8 Å². The zero-order chi connectivity index (χ0) is 17.9. The molecule has 2 saturated heterocycles. The fourth-order valence-electron chi connectivity index (χ4n) is 3.73. The SMILES string of the molecule is CN=C(NCc1nc(C(C)(C)C)cs1)N1CCC(CN2CCCC2)C1. The average molecular weight is 364 g/mol. The number of aliphatic imine (C=N–C) groups is 1. The molecule has 0 radical (unpaired) electrons. The number of likely N-dealkylation sites (tertiary alicyclic amines) is 2. The van der Waals surface area contributed by atoms with E-state index in [0.717, 1.165) is 36.5 Å². The van der Waals surface area contributed by atoms with Crippen molar-refractivity contribution in [3.8, 4) is 0 Å². The molecule has 1 N–H and O–H groups in total. The lowest BCUT2D eigenvalue weighted by molar-refractivity contribution is 0.281. The van der Waals surface area contributed by atoms with Crippen LogP contribution in [-0.2, 0) is 12.0 Å². The summed E-state index contributed by atoms with van der Waals surface area (Å²) >= 11 is 1.74. The number of guanidine groups is 1. The molecular formula is C19H33N5S. The van der Waals surface area contributed by atoms with Crippen LogP contribution in [0.1, 0.15) is 50.7 Å². The first kappa shape index (κ1) is 18.6. The lowest BCUT2D eigenvalue weighted by Crippen LogP contribution is -2.40. The summed E-state index contributed by atoms with van der Waals surface area (Å²) in [6.07, 6.45) is 4.04. The van der Waals surface area contributed by atoms with Crippen molar-refractivity contribution in [2.45, 2.75) is 52.0 Å². The van der Waals surface area contributed by atoms with E-state index in [0.29, 0.717) is 0 Å². The van der Waals surface area contributed by atoms with E-state index >= 15 is 0 Å². The molecule has 2 aliphatic heterocycles. The van der Waals surface area contributed by atoms with E-state index in [2.05, 4.69) is 46.3 Å². The molecular weight excluding hydrogens is 330 g/mol. The van der Waals surface area contributed by atoms with Gasteiger partial charge in [0.25, 0.3) is 0 Å². The molecule has 3 heterocycles. The molecule has 3 rings (SSSR count). The van der Waals surface area contributed by atoms with Crippen molar-refractivity contribution < 1.29 is 0 Å². The fourth-order valence-corrected chi connectivity index (χ4v) is 4.69. The highest BCUT2D eigenvalue weighted by Crippen LogP contribution is 2.24. The molecule has 140 valence electrons. The maximum absolute atomic E-state index is 4.77. The van der Waals surface area contributed by atoms with E-state index in [1.54, 1.807) is 11.3 Å². The summed E-state index contributed by atoms with van der Waals surface area (Å²) in [5.74, 6) is 1.81. The maximum Gasteiger partial charge on any atom is 0.194 e. The van der Waals surface area contributed by atoms with Crippen LogP contribution in [0, 0.1) is 5.92 Å². The van der Waals surface area contributed by atoms with E-state index in [1.165, 1.54) is 44.6 Å². The first-order valence-electron chi connectivity index (χ1n) is 9.58. The molecule has 1 aromatic heterocycles. The van der Waals surface area contributed by atoms with Gasteiger partial charge < -0.3 is 15.1 Å². The molecule has 0 amide bonds. The van der Waals surface area contributed by atoms with Gasteiger partial charge in [-0.2, -0.15) is 0 Å². The van der Waals surface area contributed by atoms with Crippen LogP contribution in [0.15, 0.2) is 10.4 Å². The normalized spacial score (nSPS) is 22.8. The van der Waals surface area contributed by atoms with Crippen LogP contribution in [-0.4, -0.2) is 60.5 Å². The van der Waals surface area contributed by atoms with Crippen LogP contribution < -0.4 is 5.32 Å². The Bertz CT molecular complexity index is 583. The second-order valence-corrected chi connectivity index (χ2v) is 9.33. The first-order chi connectivity index (χ1) is 12.0. The van der Waals surface area contributed by atoms with Crippen LogP contribution >= 0.6 is 11.3 Å². The Hall–Kier alpha value is -1.14. The highest BCUT2D eigenvalue weighted by atomic mass is 32.1. The van der Waals surface area contributed by atoms with Crippen molar-refractivity contribution >= 4 is 17.3 Å². The quantitative estimate of drug-likeness (QED) is 0.660. The smallest absolute Gasteiger partial charge is 0.194 e. The van der Waals surface area contributed by atoms with Gasteiger partial charge in [0.1, 0.15) is 5.01 Å². The van der Waals surface area contributed by atoms with E-state index in [9.17, 15) is 0 Å². The lowest BCUT2D eigenvalue weighted by Gasteiger charge is -2.23. The molecule has 2 fully saturated rings. The van der Waals surface area contributed by atoms with Crippen molar-refractivity contribution in [3.63, 3.8) is 0 Å². The molecule has 1 unspecified atom stereocenters. The summed E-state index contributed by atoms with van der Waals surface area (Å²) in [4.78, 5) is 14.3. The second-order valence-electron chi connectivity index (χ2n) is 8.39. The van der Waals surface area contributed by atoms with E-state index in [4.69, 9.17) is 4.98 Å². The Labute approximate surface area is 156 Å². The minimum Gasteiger partial charge on any atom is -0.350 e. The van der Waals surface area contributed by atoms with Gasteiger partial charge in [0.15, 0.2) is 5.96 Å². The number of thiazole rings is 1. The molecule has 5 nitrogen and oxygen atoms in total.